The third-order valence-electron chi connectivity index (χ3n) is 4.45. The Morgan fingerprint density at radius 2 is 1.97 bits per heavy atom. The molecule has 1 aliphatic heterocycles. The van der Waals surface area contributed by atoms with Crippen LogP contribution in [-0.2, 0) is 20.9 Å². The van der Waals surface area contributed by atoms with Gasteiger partial charge in [0.25, 0.3) is 11.1 Å². The molecule has 1 fully saturated rings. The van der Waals surface area contributed by atoms with E-state index in [0.29, 0.717) is 17.1 Å². The molecule has 1 saturated heterocycles. The van der Waals surface area contributed by atoms with Gasteiger partial charge in [-0.3, -0.25) is 14.5 Å². The molecular formula is C23H21ClFNO6S. The third-order valence-corrected chi connectivity index (χ3v) is 5.71. The van der Waals surface area contributed by atoms with Crippen LogP contribution in [0.15, 0.2) is 41.3 Å². The summed E-state index contributed by atoms with van der Waals surface area (Å²) >= 11 is 6.77. The first kappa shape index (κ1) is 24.6. The standard InChI is InChI=1S/C23H21ClFNO6S/c1-13(2)32-21(27)12-31-18-8-7-14(9-19(18)30-3)10-20-22(28)26(23(29)33-20)11-15-16(24)5-4-6-17(15)25/h4-10,13H,11-12H2,1-3H3/b20-10-. The number of nitrogens with zero attached hydrogens (tertiary/aromatic N) is 1. The molecule has 0 radical (unpaired) electrons. The fourth-order valence-corrected chi connectivity index (χ4v) is 4.02. The molecular weight excluding hydrogens is 473 g/mol. The van der Waals surface area contributed by atoms with Crippen LogP contribution >= 0.6 is 23.4 Å². The Balaban J connectivity index is 1.75. The molecule has 1 heterocycles. The van der Waals surface area contributed by atoms with Gasteiger partial charge in [0.15, 0.2) is 18.1 Å². The first-order valence-corrected chi connectivity index (χ1v) is 11.1. The Bertz CT molecular complexity index is 1100. The number of halogens is 2. The van der Waals surface area contributed by atoms with E-state index in [2.05, 4.69) is 0 Å². The molecule has 0 spiro atoms. The van der Waals surface area contributed by atoms with E-state index in [1.54, 1.807) is 32.0 Å². The third kappa shape index (κ3) is 6.06. The molecule has 2 amide bonds. The average Bonchev–Trinajstić information content (AvgIpc) is 3.01. The molecule has 2 aromatic carbocycles. The number of thioether (sulfide) groups is 1. The number of esters is 1. The number of methoxy groups -OCH3 is 1. The lowest BCUT2D eigenvalue weighted by molar-refractivity contribution is -0.149. The highest BCUT2D eigenvalue weighted by Gasteiger charge is 2.36. The summed E-state index contributed by atoms with van der Waals surface area (Å²) in [4.78, 5) is 38.0. The largest absolute Gasteiger partial charge is 0.493 e. The number of benzene rings is 2. The van der Waals surface area contributed by atoms with Crippen LogP contribution in [0, 0.1) is 5.82 Å². The van der Waals surface area contributed by atoms with E-state index in [1.807, 2.05) is 0 Å². The van der Waals surface area contributed by atoms with E-state index < -0.39 is 22.9 Å². The van der Waals surface area contributed by atoms with Crippen LogP contribution in [0.1, 0.15) is 25.0 Å². The molecule has 0 aliphatic carbocycles. The molecule has 33 heavy (non-hydrogen) atoms. The Hall–Kier alpha value is -3.04. The quantitative estimate of drug-likeness (QED) is 0.375. The Morgan fingerprint density at radius 3 is 2.64 bits per heavy atom. The number of rotatable bonds is 8. The molecule has 0 N–H and O–H groups in total. The molecule has 0 bridgehead atoms. The number of hydrogen-bond acceptors (Lipinski definition) is 7. The summed E-state index contributed by atoms with van der Waals surface area (Å²) in [6.07, 6.45) is 1.27. The van der Waals surface area contributed by atoms with Gasteiger partial charge in [-0.05, 0) is 61.5 Å². The van der Waals surface area contributed by atoms with Crippen molar-refractivity contribution in [3.63, 3.8) is 0 Å². The highest BCUT2D eigenvalue weighted by atomic mass is 35.5. The fraction of sp³-hybridized carbons (Fsp3) is 0.261. The maximum absolute atomic E-state index is 14.1. The van der Waals surface area contributed by atoms with Crippen molar-refractivity contribution < 1.29 is 33.0 Å². The van der Waals surface area contributed by atoms with Gasteiger partial charge in [-0.2, -0.15) is 0 Å². The van der Waals surface area contributed by atoms with E-state index in [4.69, 9.17) is 25.8 Å². The van der Waals surface area contributed by atoms with Gasteiger partial charge in [0, 0.05) is 10.6 Å². The van der Waals surface area contributed by atoms with Gasteiger partial charge in [-0.1, -0.05) is 23.7 Å². The van der Waals surface area contributed by atoms with Crippen LogP contribution in [0.4, 0.5) is 9.18 Å². The lowest BCUT2D eigenvalue weighted by atomic mass is 10.1. The van der Waals surface area contributed by atoms with Gasteiger partial charge in [0.1, 0.15) is 5.82 Å². The average molecular weight is 494 g/mol. The van der Waals surface area contributed by atoms with Gasteiger partial charge < -0.3 is 14.2 Å². The van der Waals surface area contributed by atoms with Crippen molar-refractivity contribution in [2.75, 3.05) is 13.7 Å². The second-order valence-corrected chi connectivity index (χ2v) is 8.61. The van der Waals surface area contributed by atoms with Crippen molar-refractivity contribution in [3.05, 3.63) is 63.3 Å². The van der Waals surface area contributed by atoms with Crippen LogP contribution in [0.2, 0.25) is 5.02 Å². The second kappa shape index (κ2) is 10.7. The lowest BCUT2D eigenvalue weighted by Crippen LogP contribution is -2.28. The van der Waals surface area contributed by atoms with Crippen molar-refractivity contribution in [1.29, 1.82) is 0 Å². The normalized spacial score (nSPS) is 14.8. The van der Waals surface area contributed by atoms with Crippen molar-refractivity contribution >= 4 is 46.6 Å². The molecule has 174 valence electrons. The van der Waals surface area contributed by atoms with E-state index in [-0.39, 0.29) is 34.7 Å². The summed E-state index contributed by atoms with van der Waals surface area (Å²) < 4.78 is 29.9. The summed E-state index contributed by atoms with van der Waals surface area (Å²) in [6, 6.07) is 8.99. The lowest BCUT2D eigenvalue weighted by Gasteiger charge is -2.14. The van der Waals surface area contributed by atoms with Crippen LogP contribution in [-0.4, -0.2) is 41.8 Å². The number of carbonyl (C=O) groups is 3. The van der Waals surface area contributed by atoms with E-state index in [0.717, 1.165) is 16.7 Å². The summed E-state index contributed by atoms with van der Waals surface area (Å²) in [5.41, 5.74) is 0.639. The molecule has 1 aliphatic rings. The van der Waals surface area contributed by atoms with E-state index in [1.165, 1.54) is 31.4 Å². The highest BCUT2D eigenvalue weighted by Crippen LogP contribution is 2.36. The number of hydrogen-bond donors (Lipinski definition) is 0. The zero-order valence-electron chi connectivity index (χ0n) is 18.1. The molecule has 0 saturated carbocycles. The topological polar surface area (TPSA) is 82.1 Å². The van der Waals surface area contributed by atoms with E-state index >= 15 is 0 Å². The minimum atomic E-state index is -0.594. The van der Waals surface area contributed by atoms with Gasteiger partial charge in [0.05, 0.1) is 24.7 Å². The van der Waals surface area contributed by atoms with Gasteiger partial charge >= 0.3 is 5.97 Å². The summed E-state index contributed by atoms with van der Waals surface area (Å²) in [6.45, 7) is 2.92. The second-order valence-electron chi connectivity index (χ2n) is 7.21. The predicted octanol–water partition coefficient (Wildman–Crippen LogP) is 5.05. The van der Waals surface area contributed by atoms with Crippen LogP contribution in [0.3, 0.4) is 0 Å². The van der Waals surface area contributed by atoms with Crippen molar-refractivity contribution in [2.24, 2.45) is 0 Å². The molecule has 2 aromatic rings. The number of amides is 2. The van der Waals surface area contributed by atoms with Crippen LogP contribution < -0.4 is 9.47 Å². The van der Waals surface area contributed by atoms with Crippen LogP contribution in [0.25, 0.3) is 6.08 Å². The molecule has 0 aromatic heterocycles. The molecule has 7 nitrogen and oxygen atoms in total. The smallest absolute Gasteiger partial charge is 0.344 e. The SMILES string of the molecule is COc1cc(/C=C2\SC(=O)N(Cc3c(F)cccc3Cl)C2=O)ccc1OCC(=O)OC(C)C. The van der Waals surface area contributed by atoms with Crippen molar-refractivity contribution in [1.82, 2.24) is 4.90 Å². The first-order valence-electron chi connectivity index (χ1n) is 9.88. The predicted molar refractivity (Wildman–Crippen MR) is 123 cm³/mol. The van der Waals surface area contributed by atoms with Crippen molar-refractivity contribution in [3.8, 4) is 11.5 Å². The maximum Gasteiger partial charge on any atom is 0.344 e. The molecule has 10 heteroatoms. The zero-order chi connectivity index (χ0) is 24.1. The highest BCUT2D eigenvalue weighted by molar-refractivity contribution is 8.18. The number of imide groups is 1. The number of carbonyl (C=O) groups excluding carboxylic acids is 3. The first-order chi connectivity index (χ1) is 15.7. The zero-order valence-corrected chi connectivity index (χ0v) is 19.7. The van der Waals surface area contributed by atoms with Crippen molar-refractivity contribution in [2.45, 2.75) is 26.5 Å². The van der Waals surface area contributed by atoms with Gasteiger partial charge in [-0.25, -0.2) is 9.18 Å². The summed E-state index contributed by atoms with van der Waals surface area (Å²) in [5.74, 6) is -1.01. The van der Waals surface area contributed by atoms with Gasteiger partial charge in [-0.15, -0.1) is 0 Å². The number of ether oxygens (including phenoxy) is 3. The fourth-order valence-electron chi connectivity index (χ4n) is 2.96. The molecule has 0 unspecified atom stereocenters. The summed E-state index contributed by atoms with van der Waals surface area (Å²) in [5, 5.41) is -0.392. The Labute approximate surface area is 199 Å². The molecule has 0 atom stereocenters. The van der Waals surface area contributed by atoms with Gasteiger partial charge in [0.2, 0.25) is 0 Å². The summed E-state index contributed by atoms with van der Waals surface area (Å²) in [7, 11) is 1.43. The molecule has 3 rings (SSSR count). The minimum absolute atomic E-state index is 0.0712. The Kier molecular flexibility index (Phi) is 7.99. The Morgan fingerprint density at radius 1 is 1.21 bits per heavy atom. The monoisotopic (exact) mass is 493 g/mol. The minimum Gasteiger partial charge on any atom is -0.493 e. The van der Waals surface area contributed by atoms with E-state index in [9.17, 15) is 18.8 Å². The maximum atomic E-state index is 14.1. The van der Waals surface area contributed by atoms with Crippen LogP contribution in [0.5, 0.6) is 11.5 Å².